The number of carbonyl (C=O) groups is 1. The molecule has 4 heteroatoms. The number of ether oxygens (including phenoxy) is 1. The molecule has 0 bridgehead atoms. The summed E-state index contributed by atoms with van der Waals surface area (Å²) in [6, 6.07) is 28.0. The molecule has 0 aliphatic carbocycles. The molecule has 0 saturated heterocycles. The summed E-state index contributed by atoms with van der Waals surface area (Å²) in [6.07, 6.45) is -0.354. The second-order valence-electron chi connectivity index (χ2n) is 6.11. The molecule has 0 spiro atoms. The minimum absolute atomic E-state index is 0.276. The molecule has 3 rings (SSSR count). The van der Waals surface area contributed by atoms with Crippen LogP contribution in [-0.4, -0.2) is 22.9 Å². The molecule has 0 fully saturated rings. The van der Waals surface area contributed by atoms with Crippen LogP contribution < -0.4 is 0 Å². The van der Waals surface area contributed by atoms with E-state index in [4.69, 9.17) is 4.74 Å². The molecule has 0 radical (unpaired) electrons. The van der Waals surface area contributed by atoms with Gasteiger partial charge in [-0.25, -0.2) is 4.79 Å². The van der Waals surface area contributed by atoms with Crippen molar-refractivity contribution in [2.45, 2.75) is 24.0 Å². The van der Waals surface area contributed by atoms with Crippen LogP contribution in [0.15, 0.2) is 89.8 Å². The average Bonchev–Trinajstić information content (AvgIpc) is 2.72. The standard InChI is InChI=1S/C23H22O3S/c24-23(25)22(15-16-27-20-12-5-2-6-13-20)26-17-19-11-7-8-14-21(19)18-9-3-1-4-10-18/h1-14,22H,15-17H2,(H,24,25). The second-order valence-corrected chi connectivity index (χ2v) is 7.28. The zero-order valence-corrected chi connectivity index (χ0v) is 15.8. The van der Waals surface area contributed by atoms with Crippen molar-refractivity contribution in [1.82, 2.24) is 0 Å². The minimum atomic E-state index is -0.916. The van der Waals surface area contributed by atoms with Crippen molar-refractivity contribution in [3.63, 3.8) is 0 Å². The third-order valence-electron chi connectivity index (χ3n) is 4.21. The van der Waals surface area contributed by atoms with Gasteiger partial charge in [0, 0.05) is 10.6 Å². The fraction of sp³-hybridized carbons (Fsp3) is 0.174. The summed E-state index contributed by atoms with van der Waals surface area (Å²) in [5, 5.41) is 9.50. The molecule has 0 heterocycles. The molecular weight excluding hydrogens is 356 g/mol. The summed E-state index contributed by atoms with van der Waals surface area (Å²) in [7, 11) is 0. The Labute approximate surface area is 164 Å². The van der Waals surface area contributed by atoms with Crippen LogP contribution in [0.3, 0.4) is 0 Å². The number of carboxylic acid groups (broad SMARTS) is 1. The van der Waals surface area contributed by atoms with Crippen LogP contribution in [0.2, 0.25) is 0 Å². The van der Waals surface area contributed by atoms with E-state index < -0.39 is 12.1 Å². The first-order valence-electron chi connectivity index (χ1n) is 8.89. The van der Waals surface area contributed by atoms with E-state index >= 15 is 0 Å². The first kappa shape index (κ1) is 19.2. The fourth-order valence-electron chi connectivity index (χ4n) is 2.81. The van der Waals surface area contributed by atoms with E-state index in [-0.39, 0.29) is 6.61 Å². The van der Waals surface area contributed by atoms with Gasteiger partial charge in [-0.3, -0.25) is 0 Å². The van der Waals surface area contributed by atoms with E-state index in [0.717, 1.165) is 21.6 Å². The van der Waals surface area contributed by atoms with Crippen molar-refractivity contribution in [3.8, 4) is 11.1 Å². The molecule has 1 atom stereocenters. The average molecular weight is 378 g/mol. The Balaban J connectivity index is 1.61. The smallest absolute Gasteiger partial charge is 0.332 e. The van der Waals surface area contributed by atoms with Gasteiger partial charge in [0.1, 0.15) is 0 Å². The highest BCUT2D eigenvalue weighted by molar-refractivity contribution is 7.99. The lowest BCUT2D eigenvalue weighted by molar-refractivity contribution is -0.151. The number of thioether (sulfide) groups is 1. The fourth-order valence-corrected chi connectivity index (χ4v) is 3.73. The van der Waals surface area contributed by atoms with Crippen LogP contribution in [0.4, 0.5) is 0 Å². The number of hydrogen-bond donors (Lipinski definition) is 1. The number of carboxylic acids is 1. The Hall–Kier alpha value is -2.56. The molecule has 0 aliphatic rings. The van der Waals surface area contributed by atoms with Crippen LogP contribution in [0.25, 0.3) is 11.1 Å². The molecule has 138 valence electrons. The zero-order chi connectivity index (χ0) is 18.9. The lowest BCUT2D eigenvalue weighted by Crippen LogP contribution is -2.24. The number of benzene rings is 3. The Morgan fingerprint density at radius 1 is 0.889 bits per heavy atom. The third-order valence-corrected chi connectivity index (χ3v) is 5.25. The molecule has 27 heavy (non-hydrogen) atoms. The quantitative estimate of drug-likeness (QED) is 0.499. The third kappa shape index (κ3) is 5.71. The maximum Gasteiger partial charge on any atom is 0.332 e. The number of aliphatic carboxylic acids is 1. The topological polar surface area (TPSA) is 46.5 Å². The van der Waals surface area contributed by atoms with Crippen molar-refractivity contribution in [2.24, 2.45) is 0 Å². The monoisotopic (exact) mass is 378 g/mol. The van der Waals surface area contributed by atoms with Gasteiger partial charge in [0.15, 0.2) is 6.10 Å². The van der Waals surface area contributed by atoms with Gasteiger partial charge in [-0.05, 0) is 35.2 Å². The Morgan fingerprint density at radius 2 is 1.52 bits per heavy atom. The van der Waals surface area contributed by atoms with Crippen molar-refractivity contribution >= 4 is 17.7 Å². The van der Waals surface area contributed by atoms with Gasteiger partial charge in [0.25, 0.3) is 0 Å². The highest BCUT2D eigenvalue weighted by atomic mass is 32.2. The first-order chi connectivity index (χ1) is 13.2. The lowest BCUT2D eigenvalue weighted by Gasteiger charge is -2.16. The Kier molecular flexibility index (Phi) is 7.08. The predicted octanol–water partition coefficient (Wildman–Crippen LogP) is 5.51. The van der Waals surface area contributed by atoms with Crippen molar-refractivity contribution in [2.75, 3.05) is 5.75 Å². The first-order valence-corrected chi connectivity index (χ1v) is 9.88. The molecule has 1 unspecified atom stereocenters. The number of hydrogen-bond acceptors (Lipinski definition) is 3. The maximum absolute atomic E-state index is 11.6. The van der Waals surface area contributed by atoms with Gasteiger partial charge < -0.3 is 9.84 Å². The van der Waals surface area contributed by atoms with Crippen LogP contribution in [-0.2, 0) is 16.1 Å². The predicted molar refractivity (Wildman–Crippen MR) is 110 cm³/mol. The Bertz CT molecular complexity index is 850. The Morgan fingerprint density at radius 3 is 2.22 bits per heavy atom. The van der Waals surface area contributed by atoms with Crippen LogP contribution in [0.5, 0.6) is 0 Å². The summed E-state index contributed by atoms with van der Waals surface area (Å²) in [5.74, 6) is -0.220. The van der Waals surface area contributed by atoms with E-state index in [0.29, 0.717) is 12.2 Å². The van der Waals surface area contributed by atoms with E-state index in [9.17, 15) is 9.90 Å². The normalized spacial score (nSPS) is 11.9. The molecule has 1 N–H and O–H groups in total. The summed E-state index contributed by atoms with van der Waals surface area (Å²) in [5.41, 5.74) is 3.16. The van der Waals surface area contributed by atoms with Crippen LogP contribution in [0.1, 0.15) is 12.0 Å². The van der Waals surface area contributed by atoms with Gasteiger partial charge in [-0.2, -0.15) is 0 Å². The van der Waals surface area contributed by atoms with Gasteiger partial charge in [0.05, 0.1) is 6.61 Å². The SMILES string of the molecule is O=C(O)C(CCSc1ccccc1)OCc1ccccc1-c1ccccc1. The molecule has 0 aliphatic heterocycles. The molecule has 0 aromatic heterocycles. The van der Waals surface area contributed by atoms with E-state index in [1.165, 1.54) is 0 Å². The maximum atomic E-state index is 11.6. The summed E-state index contributed by atoms with van der Waals surface area (Å²) < 4.78 is 5.78. The number of rotatable bonds is 9. The zero-order valence-electron chi connectivity index (χ0n) is 15.0. The molecule has 3 aromatic rings. The van der Waals surface area contributed by atoms with Gasteiger partial charge in [0.2, 0.25) is 0 Å². The molecule has 3 nitrogen and oxygen atoms in total. The molecule has 0 amide bonds. The second kappa shape index (κ2) is 9.95. The summed E-state index contributed by atoms with van der Waals surface area (Å²) >= 11 is 1.64. The van der Waals surface area contributed by atoms with Crippen molar-refractivity contribution in [3.05, 3.63) is 90.5 Å². The van der Waals surface area contributed by atoms with Crippen molar-refractivity contribution in [1.29, 1.82) is 0 Å². The molecule has 0 saturated carbocycles. The van der Waals surface area contributed by atoms with Gasteiger partial charge >= 0.3 is 5.97 Å². The van der Waals surface area contributed by atoms with Gasteiger partial charge in [-0.1, -0.05) is 72.8 Å². The van der Waals surface area contributed by atoms with E-state index in [1.807, 2.05) is 84.9 Å². The van der Waals surface area contributed by atoms with E-state index in [1.54, 1.807) is 11.8 Å². The van der Waals surface area contributed by atoms with E-state index in [2.05, 4.69) is 0 Å². The van der Waals surface area contributed by atoms with Crippen molar-refractivity contribution < 1.29 is 14.6 Å². The minimum Gasteiger partial charge on any atom is -0.479 e. The van der Waals surface area contributed by atoms with Crippen LogP contribution in [0, 0.1) is 0 Å². The highest BCUT2D eigenvalue weighted by Gasteiger charge is 2.18. The summed E-state index contributed by atoms with van der Waals surface area (Å²) in [6.45, 7) is 0.276. The lowest BCUT2D eigenvalue weighted by atomic mass is 10.0. The highest BCUT2D eigenvalue weighted by Crippen LogP contribution is 2.25. The summed E-state index contributed by atoms with van der Waals surface area (Å²) in [4.78, 5) is 12.7. The van der Waals surface area contributed by atoms with Gasteiger partial charge in [-0.15, -0.1) is 11.8 Å². The largest absolute Gasteiger partial charge is 0.479 e. The molecular formula is C23H22O3S. The molecule has 3 aromatic carbocycles. The van der Waals surface area contributed by atoms with Crippen LogP contribution >= 0.6 is 11.8 Å².